The third-order valence-corrected chi connectivity index (χ3v) is 4.83. The quantitative estimate of drug-likeness (QED) is 0.704. The van der Waals surface area contributed by atoms with Crippen molar-refractivity contribution in [3.05, 3.63) is 71.3 Å². The van der Waals surface area contributed by atoms with Crippen LogP contribution in [0.1, 0.15) is 29.2 Å². The second-order valence-electron chi connectivity index (χ2n) is 7.25. The number of carbonyl (C=O) groups is 1. The predicted molar refractivity (Wildman–Crippen MR) is 111 cm³/mol. The fourth-order valence-corrected chi connectivity index (χ4v) is 3.17. The van der Waals surface area contributed by atoms with Crippen LogP contribution >= 0.6 is 0 Å². The molecule has 1 amide bonds. The molecular weight excluding hydrogens is 336 g/mol. The van der Waals surface area contributed by atoms with Crippen molar-refractivity contribution in [1.29, 1.82) is 0 Å². The predicted octanol–water partition coefficient (Wildman–Crippen LogP) is 3.22. The van der Waals surface area contributed by atoms with Gasteiger partial charge in [0.05, 0.1) is 7.05 Å². The SMILES string of the molecule is C=CCOc1ccc(C[NH+](C)[C@@H](C)C(=O)Nc2c(C)cc(C)cc2C)cc1. The lowest BCUT2D eigenvalue weighted by atomic mass is 10.0. The van der Waals surface area contributed by atoms with Crippen LogP contribution in [-0.2, 0) is 11.3 Å². The summed E-state index contributed by atoms with van der Waals surface area (Å²) in [4.78, 5) is 13.9. The summed E-state index contributed by atoms with van der Waals surface area (Å²) in [6.07, 6.45) is 1.73. The van der Waals surface area contributed by atoms with Gasteiger partial charge in [-0.1, -0.05) is 30.4 Å². The molecule has 0 heterocycles. The molecule has 0 saturated heterocycles. The summed E-state index contributed by atoms with van der Waals surface area (Å²) in [5, 5.41) is 3.12. The minimum atomic E-state index is -0.165. The molecular formula is C23H31N2O2+. The molecule has 0 aliphatic heterocycles. The zero-order valence-corrected chi connectivity index (χ0v) is 17.1. The first-order valence-corrected chi connectivity index (χ1v) is 9.35. The molecule has 4 nitrogen and oxygen atoms in total. The number of quaternary nitrogens is 1. The monoisotopic (exact) mass is 367 g/mol. The molecule has 0 radical (unpaired) electrons. The lowest BCUT2D eigenvalue weighted by Gasteiger charge is -2.22. The Morgan fingerprint density at radius 3 is 2.33 bits per heavy atom. The maximum atomic E-state index is 12.7. The van der Waals surface area contributed by atoms with E-state index in [-0.39, 0.29) is 11.9 Å². The number of hydrogen-bond donors (Lipinski definition) is 2. The summed E-state index contributed by atoms with van der Waals surface area (Å²) >= 11 is 0. The average molecular weight is 368 g/mol. The molecule has 0 aliphatic rings. The molecule has 2 aromatic rings. The van der Waals surface area contributed by atoms with Gasteiger partial charge < -0.3 is 15.0 Å². The van der Waals surface area contributed by atoms with E-state index >= 15 is 0 Å². The van der Waals surface area contributed by atoms with E-state index in [2.05, 4.69) is 31.0 Å². The highest BCUT2D eigenvalue weighted by Gasteiger charge is 2.23. The molecule has 0 saturated carbocycles. The lowest BCUT2D eigenvalue weighted by Crippen LogP contribution is -3.12. The van der Waals surface area contributed by atoms with Crippen LogP contribution < -0.4 is 15.0 Å². The van der Waals surface area contributed by atoms with Crippen molar-refractivity contribution in [2.75, 3.05) is 19.0 Å². The highest BCUT2D eigenvalue weighted by atomic mass is 16.5. The fourth-order valence-electron chi connectivity index (χ4n) is 3.17. The van der Waals surface area contributed by atoms with Crippen LogP contribution in [0, 0.1) is 20.8 Å². The number of amides is 1. The number of benzene rings is 2. The Labute approximate surface area is 162 Å². The van der Waals surface area contributed by atoms with E-state index in [0.717, 1.165) is 34.0 Å². The molecule has 0 aromatic heterocycles. The van der Waals surface area contributed by atoms with Crippen molar-refractivity contribution >= 4 is 11.6 Å². The van der Waals surface area contributed by atoms with Gasteiger partial charge in [0.15, 0.2) is 6.04 Å². The molecule has 1 unspecified atom stereocenters. The highest BCUT2D eigenvalue weighted by molar-refractivity contribution is 5.95. The van der Waals surface area contributed by atoms with Gasteiger partial charge in [0.1, 0.15) is 18.9 Å². The first-order valence-electron chi connectivity index (χ1n) is 9.35. The van der Waals surface area contributed by atoms with Gasteiger partial charge in [-0.05, 0) is 63.1 Å². The Hall–Kier alpha value is -2.59. The molecule has 2 N–H and O–H groups in total. The Bertz CT molecular complexity index is 774. The molecule has 27 heavy (non-hydrogen) atoms. The summed E-state index contributed by atoms with van der Waals surface area (Å²) in [6.45, 7) is 13.0. The molecule has 2 rings (SSSR count). The Kier molecular flexibility index (Phi) is 7.19. The molecule has 0 fully saturated rings. The number of anilines is 1. The van der Waals surface area contributed by atoms with Crippen LogP contribution in [-0.4, -0.2) is 25.6 Å². The highest BCUT2D eigenvalue weighted by Crippen LogP contribution is 2.22. The standard InChI is InChI=1S/C23H30N2O2/c1-7-12-27-21-10-8-20(9-11-21)15-25(6)19(5)23(26)24-22-17(3)13-16(2)14-18(22)4/h7-11,13-14,19H,1,12,15H2,2-6H3,(H,24,26)/p+1/t19-/m0/s1. The number of ether oxygens (including phenoxy) is 1. The Balaban J connectivity index is 1.99. The van der Waals surface area contributed by atoms with Crippen molar-refractivity contribution in [3.63, 3.8) is 0 Å². The van der Waals surface area contributed by atoms with Crippen LogP contribution in [0.2, 0.25) is 0 Å². The first kappa shape index (κ1) is 20.7. The van der Waals surface area contributed by atoms with E-state index in [4.69, 9.17) is 4.74 Å². The molecule has 0 bridgehead atoms. The summed E-state index contributed by atoms with van der Waals surface area (Å²) in [6, 6.07) is 12.0. The number of nitrogens with one attached hydrogen (secondary N) is 2. The third kappa shape index (κ3) is 5.69. The topological polar surface area (TPSA) is 42.8 Å². The van der Waals surface area contributed by atoms with Crippen LogP contribution in [0.25, 0.3) is 0 Å². The van der Waals surface area contributed by atoms with Gasteiger partial charge in [-0.2, -0.15) is 0 Å². The van der Waals surface area contributed by atoms with E-state index in [1.54, 1.807) is 6.08 Å². The van der Waals surface area contributed by atoms with Crippen molar-refractivity contribution in [3.8, 4) is 5.75 Å². The van der Waals surface area contributed by atoms with Gasteiger partial charge in [-0.25, -0.2) is 0 Å². The molecule has 0 aliphatic carbocycles. The average Bonchev–Trinajstić information content (AvgIpc) is 2.63. The van der Waals surface area contributed by atoms with Crippen LogP contribution in [0.4, 0.5) is 5.69 Å². The van der Waals surface area contributed by atoms with Crippen molar-refractivity contribution in [2.45, 2.75) is 40.3 Å². The zero-order chi connectivity index (χ0) is 20.0. The number of hydrogen-bond acceptors (Lipinski definition) is 2. The maximum Gasteiger partial charge on any atom is 0.282 e. The van der Waals surface area contributed by atoms with E-state index in [0.29, 0.717) is 6.61 Å². The van der Waals surface area contributed by atoms with Gasteiger partial charge in [-0.3, -0.25) is 4.79 Å². The van der Waals surface area contributed by atoms with E-state index in [1.165, 1.54) is 11.1 Å². The Morgan fingerprint density at radius 1 is 1.19 bits per heavy atom. The van der Waals surface area contributed by atoms with Crippen LogP contribution in [0.5, 0.6) is 5.75 Å². The summed E-state index contributed by atoms with van der Waals surface area (Å²) in [5.41, 5.74) is 5.50. The normalized spacial score (nSPS) is 12.9. The second-order valence-corrected chi connectivity index (χ2v) is 7.25. The van der Waals surface area contributed by atoms with Gasteiger partial charge in [0.25, 0.3) is 5.91 Å². The minimum Gasteiger partial charge on any atom is -0.490 e. The Morgan fingerprint density at radius 2 is 1.78 bits per heavy atom. The molecule has 144 valence electrons. The summed E-state index contributed by atoms with van der Waals surface area (Å²) in [5.74, 6) is 0.862. The number of likely N-dealkylation sites (N-methyl/N-ethyl adjacent to an activating group) is 1. The fraction of sp³-hybridized carbons (Fsp3) is 0.348. The minimum absolute atomic E-state index is 0.0356. The summed E-state index contributed by atoms with van der Waals surface area (Å²) in [7, 11) is 2.04. The third-order valence-electron chi connectivity index (χ3n) is 4.83. The van der Waals surface area contributed by atoms with Gasteiger partial charge in [-0.15, -0.1) is 0 Å². The maximum absolute atomic E-state index is 12.7. The second kappa shape index (κ2) is 9.38. The lowest BCUT2D eigenvalue weighted by molar-refractivity contribution is -0.907. The first-order chi connectivity index (χ1) is 12.8. The van der Waals surface area contributed by atoms with Crippen molar-refractivity contribution in [1.82, 2.24) is 0 Å². The van der Waals surface area contributed by atoms with E-state index in [9.17, 15) is 4.79 Å². The van der Waals surface area contributed by atoms with Crippen molar-refractivity contribution < 1.29 is 14.4 Å². The number of rotatable bonds is 8. The largest absolute Gasteiger partial charge is 0.490 e. The van der Waals surface area contributed by atoms with E-state index in [1.807, 2.05) is 52.1 Å². The van der Waals surface area contributed by atoms with Crippen LogP contribution in [0.3, 0.4) is 0 Å². The smallest absolute Gasteiger partial charge is 0.282 e. The molecule has 2 aromatic carbocycles. The number of carbonyl (C=O) groups excluding carboxylic acids is 1. The van der Waals surface area contributed by atoms with Gasteiger partial charge in [0, 0.05) is 11.3 Å². The van der Waals surface area contributed by atoms with Gasteiger partial charge in [0.2, 0.25) is 0 Å². The van der Waals surface area contributed by atoms with E-state index < -0.39 is 0 Å². The summed E-state index contributed by atoms with van der Waals surface area (Å²) < 4.78 is 5.51. The molecule has 0 spiro atoms. The molecule has 4 heteroatoms. The molecule has 2 atom stereocenters. The number of aryl methyl sites for hydroxylation is 3. The van der Waals surface area contributed by atoms with Crippen LogP contribution in [0.15, 0.2) is 49.1 Å². The van der Waals surface area contributed by atoms with Crippen molar-refractivity contribution in [2.24, 2.45) is 0 Å². The van der Waals surface area contributed by atoms with Gasteiger partial charge >= 0.3 is 0 Å². The zero-order valence-electron chi connectivity index (χ0n) is 17.1.